The third-order valence-electron chi connectivity index (χ3n) is 3.78. The van der Waals surface area contributed by atoms with E-state index in [4.69, 9.17) is 22.5 Å². The SMILES string of the molecule is Cc1cc(Cl)cc(C(=O)N(C/C(N)=N/O)C2CCCC2)c1. The van der Waals surface area contributed by atoms with Crippen molar-refractivity contribution in [3.63, 3.8) is 0 Å². The molecule has 21 heavy (non-hydrogen) atoms. The van der Waals surface area contributed by atoms with E-state index >= 15 is 0 Å². The van der Waals surface area contributed by atoms with Gasteiger partial charge in [-0.15, -0.1) is 0 Å². The summed E-state index contributed by atoms with van der Waals surface area (Å²) in [4.78, 5) is 14.5. The fraction of sp³-hybridized carbons (Fsp3) is 0.467. The number of aryl methyl sites for hydroxylation is 1. The van der Waals surface area contributed by atoms with Crippen LogP contribution in [0.4, 0.5) is 0 Å². The number of hydrogen-bond donors (Lipinski definition) is 2. The quantitative estimate of drug-likeness (QED) is 0.388. The van der Waals surface area contributed by atoms with E-state index in [-0.39, 0.29) is 24.3 Å². The zero-order chi connectivity index (χ0) is 15.4. The lowest BCUT2D eigenvalue weighted by Crippen LogP contribution is -2.44. The van der Waals surface area contributed by atoms with Crippen LogP contribution in [0.1, 0.15) is 41.6 Å². The molecule has 1 aromatic carbocycles. The lowest BCUT2D eigenvalue weighted by atomic mass is 10.1. The minimum absolute atomic E-state index is 0.0361. The van der Waals surface area contributed by atoms with Gasteiger partial charge in [-0.2, -0.15) is 0 Å². The van der Waals surface area contributed by atoms with E-state index in [1.165, 1.54) is 0 Å². The standard InChI is InChI=1S/C15H20ClN3O2/c1-10-6-11(8-12(16)7-10)15(20)19(9-14(17)18-21)13-4-2-3-5-13/h6-8,13,21H,2-5,9H2,1H3,(H2,17,18). The number of amidine groups is 1. The van der Waals surface area contributed by atoms with Crippen molar-refractivity contribution < 1.29 is 10.0 Å². The van der Waals surface area contributed by atoms with E-state index in [9.17, 15) is 4.79 Å². The first-order valence-electron chi connectivity index (χ1n) is 7.06. The van der Waals surface area contributed by atoms with Crippen molar-refractivity contribution in [3.8, 4) is 0 Å². The smallest absolute Gasteiger partial charge is 0.254 e. The second kappa shape index (κ2) is 6.80. The molecule has 5 nitrogen and oxygen atoms in total. The molecule has 114 valence electrons. The van der Waals surface area contributed by atoms with Gasteiger partial charge in [0.15, 0.2) is 5.84 Å². The highest BCUT2D eigenvalue weighted by atomic mass is 35.5. The Hall–Kier alpha value is -1.75. The van der Waals surface area contributed by atoms with Gasteiger partial charge in [0, 0.05) is 16.6 Å². The van der Waals surface area contributed by atoms with Gasteiger partial charge in [0.25, 0.3) is 5.91 Å². The monoisotopic (exact) mass is 309 g/mol. The molecule has 0 spiro atoms. The summed E-state index contributed by atoms with van der Waals surface area (Å²) in [6.07, 6.45) is 4.09. The molecule has 1 aliphatic rings. The fourth-order valence-electron chi connectivity index (χ4n) is 2.81. The summed E-state index contributed by atoms with van der Waals surface area (Å²) in [5, 5.41) is 12.3. The minimum Gasteiger partial charge on any atom is -0.409 e. The van der Waals surface area contributed by atoms with Crippen molar-refractivity contribution in [3.05, 3.63) is 34.3 Å². The average molecular weight is 310 g/mol. The summed E-state index contributed by atoms with van der Waals surface area (Å²) in [5.74, 6) is -0.0897. The minimum atomic E-state index is -0.126. The predicted octanol–water partition coefficient (Wildman–Crippen LogP) is 2.78. The molecule has 1 amide bonds. The summed E-state index contributed by atoms with van der Waals surface area (Å²) in [5.41, 5.74) is 7.07. The fourth-order valence-corrected chi connectivity index (χ4v) is 3.10. The number of oxime groups is 1. The van der Waals surface area contributed by atoms with Crippen molar-refractivity contribution in [2.24, 2.45) is 10.9 Å². The molecule has 0 heterocycles. The first-order valence-corrected chi connectivity index (χ1v) is 7.43. The van der Waals surface area contributed by atoms with Crippen LogP contribution in [0.5, 0.6) is 0 Å². The normalized spacial score (nSPS) is 16.2. The molecule has 1 saturated carbocycles. The average Bonchev–Trinajstić information content (AvgIpc) is 2.96. The largest absolute Gasteiger partial charge is 0.409 e. The van der Waals surface area contributed by atoms with E-state index in [1.54, 1.807) is 11.0 Å². The summed E-state index contributed by atoms with van der Waals surface area (Å²) in [6.45, 7) is 2.03. The first kappa shape index (κ1) is 15.6. The van der Waals surface area contributed by atoms with E-state index in [2.05, 4.69) is 5.16 Å². The van der Waals surface area contributed by atoms with Gasteiger partial charge in [0.2, 0.25) is 0 Å². The molecular weight excluding hydrogens is 290 g/mol. The van der Waals surface area contributed by atoms with Crippen LogP contribution in [-0.4, -0.2) is 34.4 Å². The molecule has 0 unspecified atom stereocenters. The number of amides is 1. The maximum atomic E-state index is 12.8. The molecule has 1 aliphatic carbocycles. The molecule has 3 N–H and O–H groups in total. The number of hydrogen-bond acceptors (Lipinski definition) is 3. The third-order valence-corrected chi connectivity index (χ3v) is 3.99. The van der Waals surface area contributed by atoms with Crippen LogP contribution >= 0.6 is 11.6 Å². The maximum absolute atomic E-state index is 12.8. The van der Waals surface area contributed by atoms with Gasteiger partial charge in [0.1, 0.15) is 0 Å². The molecule has 2 rings (SSSR count). The number of rotatable bonds is 4. The number of carbonyl (C=O) groups excluding carboxylic acids is 1. The van der Waals surface area contributed by atoms with E-state index in [1.807, 2.05) is 19.1 Å². The summed E-state index contributed by atoms with van der Waals surface area (Å²) >= 11 is 6.03. The highest BCUT2D eigenvalue weighted by Crippen LogP contribution is 2.25. The first-order chi connectivity index (χ1) is 10.0. The van der Waals surface area contributed by atoms with Crippen LogP contribution in [0.15, 0.2) is 23.4 Å². The highest BCUT2D eigenvalue weighted by Gasteiger charge is 2.28. The van der Waals surface area contributed by atoms with Gasteiger partial charge >= 0.3 is 0 Å². The number of halogens is 1. The highest BCUT2D eigenvalue weighted by molar-refractivity contribution is 6.31. The van der Waals surface area contributed by atoms with Crippen molar-refractivity contribution in [1.29, 1.82) is 0 Å². The number of carbonyl (C=O) groups is 1. The second-order valence-electron chi connectivity index (χ2n) is 5.48. The van der Waals surface area contributed by atoms with Gasteiger partial charge < -0.3 is 15.8 Å². The lowest BCUT2D eigenvalue weighted by molar-refractivity contribution is 0.0712. The molecule has 0 atom stereocenters. The zero-order valence-corrected chi connectivity index (χ0v) is 12.8. The van der Waals surface area contributed by atoms with Crippen molar-refractivity contribution >= 4 is 23.3 Å². The van der Waals surface area contributed by atoms with Crippen molar-refractivity contribution in [2.75, 3.05) is 6.54 Å². The molecule has 0 aromatic heterocycles. The molecule has 0 radical (unpaired) electrons. The molecule has 0 aliphatic heterocycles. The summed E-state index contributed by atoms with van der Waals surface area (Å²) in [6, 6.07) is 5.41. The van der Waals surface area contributed by atoms with Crippen molar-refractivity contribution in [1.82, 2.24) is 4.90 Å². The number of nitrogens with two attached hydrogens (primary N) is 1. The van der Waals surface area contributed by atoms with Gasteiger partial charge in [-0.3, -0.25) is 4.79 Å². The Balaban J connectivity index is 2.28. The summed E-state index contributed by atoms with van der Waals surface area (Å²) in [7, 11) is 0. The van der Waals surface area contributed by atoms with Crippen LogP contribution in [-0.2, 0) is 0 Å². The van der Waals surface area contributed by atoms with E-state index in [0.717, 1.165) is 31.2 Å². The molecular formula is C15H20ClN3O2. The second-order valence-corrected chi connectivity index (χ2v) is 5.92. The van der Waals surface area contributed by atoms with Gasteiger partial charge in [0.05, 0.1) is 6.54 Å². The van der Waals surface area contributed by atoms with Crippen LogP contribution in [0.2, 0.25) is 5.02 Å². The lowest BCUT2D eigenvalue weighted by Gasteiger charge is -2.28. The van der Waals surface area contributed by atoms with Gasteiger partial charge in [-0.1, -0.05) is 29.6 Å². The molecule has 0 bridgehead atoms. The Bertz CT molecular complexity index is 534. The van der Waals surface area contributed by atoms with Crippen LogP contribution in [0, 0.1) is 6.92 Å². The van der Waals surface area contributed by atoms with Gasteiger partial charge in [-0.25, -0.2) is 0 Å². The third kappa shape index (κ3) is 3.88. The maximum Gasteiger partial charge on any atom is 0.254 e. The zero-order valence-electron chi connectivity index (χ0n) is 12.1. The van der Waals surface area contributed by atoms with E-state index < -0.39 is 0 Å². The molecule has 6 heteroatoms. The summed E-state index contributed by atoms with van der Waals surface area (Å²) < 4.78 is 0. The number of benzene rings is 1. The molecule has 1 aromatic rings. The number of nitrogens with zero attached hydrogens (tertiary/aromatic N) is 2. The van der Waals surface area contributed by atoms with Gasteiger partial charge in [-0.05, 0) is 43.5 Å². The van der Waals surface area contributed by atoms with Crippen LogP contribution in [0.3, 0.4) is 0 Å². The van der Waals surface area contributed by atoms with Crippen molar-refractivity contribution in [2.45, 2.75) is 38.6 Å². The Labute approximate surface area is 129 Å². The molecule has 1 fully saturated rings. The van der Waals surface area contributed by atoms with E-state index in [0.29, 0.717) is 10.6 Å². The Morgan fingerprint density at radius 1 is 1.43 bits per heavy atom. The predicted molar refractivity (Wildman–Crippen MR) is 82.9 cm³/mol. The van der Waals surface area contributed by atoms with Crippen LogP contribution in [0.25, 0.3) is 0 Å². The Morgan fingerprint density at radius 3 is 2.67 bits per heavy atom. The Kier molecular flexibility index (Phi) is 5.07. The topological polar surface area (TPSA) is 78.9 Å². The Morgan fingerprint density at radius 2 is 2.10 bits per heavy atom. The molecule has 0 saturated heterocycles. The van der Waals surface area contributed by atoms with Crippen LogP contribution < -0.4 is 5.73 Å².